The molecule has 66 heavy (non-hydrogen) atoms. The van der Waals surface area contributed by atoms with Gasteiger partial charge in [0.1, 0.15) is 36.6 Å². The standard InChI is InChI=1S/C48H61ClN10O7/c1-46(2,3)39(43(64)59-27-34(60)23-37(59)42(63)52-26-29-11-13-30(14-12-29)40-55-57-58-56-40)53-38(61)28-65-22-10-8-9-21-51-33-18-15-31(16-19-33)41(62)54-44-47(4,5)45(48(44,6)7)66-35-20-17-32(25-50)36(49)24-35/h11-20,24,34,37,39,44-45,51,60H,8-10,21-23,26-28H2,1-7H3,(H,52,63)(H,53,61)(H,54,62)(H,55,56,57,58)/t34-,37+,39-,44?,45?/m1/s1. The molecule has 352 valence electrons. The minimum Gasteiger partial charge on any atom is -0.489 e. The fourth-order valence-corrected chi connectivity index (χ4v) is 9.35. The number of nitriles is 1. The molecule has 1 saturated heterocycles. The first-order valence-electron chi connectivity index (χ1n) is 22.3. The number of benzene rings is 3. The first-order valence-corrected chi connectivity index (χ1v) is 22.6. The number of H-pyrrole nitrogens is 1. The second-order valence-corrected chi connectivity index (χ2v) is 19.7. The number of anilines is 1. The van der Waals surface area contributed by atoms with Crippen molar-refractivity contribution in [3.8, 4) is 23.2 Å². The zero-order chi connectivity index (χ0) is 47.8. The average molecular weight is 926 g/mol. The van der Waals surface area contributed by atoms with Crippen molar-refractivity contribution in [2.45, 2.75) is 111 Å². The van der Waals surface area contributed by atoms with Crippen LogP contribution in [0.4, 0.5) is 5.69 Å². The molecule has 0 unspecified atom stereocenters. The number of rotatable bonds is 19. The number of aliphatic hydroxyl groups excluding tert-OH is 1. The Morgan fingerprint density at radius 2 is 1.71 bits per heavy atom. The van der Waals surface area contributed by atoms with E-state index < -0.39 is 41.3 Å². The second-order valence-electron chi connectivity index (χ2n) is 19.3. The van der Waals surface area contributed by atoms with Crippen molar-refractivity contribution < 1.29 is 33.8 Å². The summed E-state index contributed by atoms with van der Waals surface area (Å²) in [6.07, 6.45) is 1.42. The van der Waals surface area contributed by atoms with E-state index in [2.05, 4.69) is 75.7 Å². The van der Waals surface area contributed by atoms with Gasteiger partial charge in [-0.25, -0.2) is 0 Å². The number of ether oxygens (including phenoxy) is 2. The van der Waals surface area contributed by atoms with E-state index in [4.69, 9.17) is 21.1 Å². The molecule has 1 saturated carbocycles. The number of amides is 4. The highest BCUT2D eigenvalue weighted by atomic mass is 35.5. The number of carbonyl (C=O) groups excluding carboxylic acids is 4. The Labute approximate surface area is 390 Å². The van der Waals surface area contributed by atoms with Crippen LogP contribution in [0.2, 0.25) is 5.02 Å². The Balaban J connectivity index is 0.875. The number of aliphatic hydroxyl groups is 1. The second kappa shape index (κ2) is 21.0. The highest BCUT2D eigenvalue weighted by Crippen LogP contribution is 2.55. The molecule has 2 aliphatic rings. The largest absolute Gasteiger partial charge is 0.489 e. The molecular formula is C48H61ClN10O7. The SMILES string of the molecule is CC1(C)C(NC(=O)c2ccc(NCCCCCOCC(=O)N[C@H](C(=O)N3C[C@H](O)C[C@H]3C(=O)NCc3ccc(-c4nn[nH]n4)cc3)C(C)(C)C)cc2)C(C)(C)C1Oc1ccc(C#N)c(Cl)c1. The van der Waals surface area contributed by atoms with Gasteiger partial charge in [0.2, 0.25) is 23.5 Å². The zero-order valence-corrected chi connectivity index (χ0v) is 39.4. The smallest absolute Gasteiger partial charge is 0.251 e. The van der Waals surface area contributed by atoms with Crippen LogP contribution in [0.3, 0.4) is 0 Å². The topological polar surface area (TPSA) is 237 Å². The number of hydrogen-bond donors (Lipinski definition) is 6. The van der Waals surface area contributed by atoms with E-state index in [1.54, 1.807) is 30.3 Å². The highest BCUT2D eigenvalue weighted by Gasteiger charge is 2.64. The lowest BCUT2D eigenvalue weighted by Gasteiger charge is -2.63. The van der Waals surface area contributed by atoms with Gasteiger partial charge in [0.15, 0.2) is 0 Å². The van der Waals surface area contributed by atoms with Gasteiger partial charge in [0.05, 0.1) is 16.7 Å². The van der Waals surface area contributed by atoms with Gasteiger partial charge in [-0.05, 0) is 71.9 Å². The predicted octanol–water partition coefficient (Wildman–Crippen LogP) is 5.41. The van der Waals surface area contributed by atoms with Gasteiger partial charge >= 0.3 is 0 Å². The number of hydrogen-bond acceptors (Lipinski definition) is 12. The van der Waals surface area contributed by atoms with Crippen molar-refractivity contribution in [2.75, 3.05) is 31.6 Å². The number of aromatic amines is 1. The Bertz CT molecular complexity index is 2350. The van der Waals surface area contributed by atoms with Crippen LogP contribution in [0.5, 0.6) is 5.75 Å². The van der Waals surface area contributed by atoms with Crippen LogP contribution in [0.1, 0.15) is 95.6 Å². The van der Waals surface area contributed by atoms with E-state index in [9.17, 15) is 29.5 Å². The molecule has 2 fully saturated rings. The molecule has 3 atom stereocenters. The Morgan fingerprint density at radius 3 is 2.35 bits per heavy atom. The minimum absolute atomic E-state index is 0.0253. The van der Waals surface area contributed by atoms with Crippen molar-refractivity contribution in [2.24, 2.45) is 16.2 Å². The fraction of sp³-hybridized carbons (Fsp3) is 0.500. The summed E-state index contributed by atoms with van der Waals surface area (Å²) in [7, 11) is 0. The monoisotopic (exact) mass is 924 g/mol. The van der Waals surface area contributed by atoms with E-state index >= 15 is 0 Å². The van der Waals surface area contributed by atoms with Gasteiger partial charge in [-0.1, -0.05) is 84.3 Å². The summed E-state index contributed by atoms with van der Waals surface area (Å²) in [5.74, 6) is -0.430. The van der Waals surface area contributed by atoms with Gasteiger partial charge in [-0.2, -0.15) is 10.5 Å². The summed E-state index contributed by atoms with van der Waals surface area (Å²) in [5, 5.41) is 46.3. The van der Waals surface area contributed by atoms with E-state index in [0.29, 0.717) is 40.9 Å². The zero-order valence-electron chi connectivity index (χ0n) is 38.6. The molecular weight excluding hydrogens is 864 g/mol. The number of nitrogens with one attached hydrogen (secondary N) is 5. The molecule has 6 rings (SSSR count). The molecule has 17 nitrogen and oxygen atoms in total. The number of tetrazole rings is 1. The summed E-state index contributed by atoms with van der Waals surface area (Å²) in [5.41, 5.74) is 1.96. The van der Waals surface area contributed by atoms with Crippen molar-refractivity contribution in [1.29, 1.82) is 5.26 Å². The molecule has 18 heteroatoms. The van der Waals surface area contributed by atoms with Gasteiger partial charge in [0, 0.05) is 72.4 Å². The maximum atomic E-state index is 13.9. The Hall–Kier alpha value is -6.09. The molecule has 0 radical (unpaired) electrons. The molecule has 3 aromatic carbocycles. The predicted molar refractivity (Wildman–Crippen MR) is 248 cm³/mol. The van der Waals surface area contributed by atoms with E-state index in [0.717, 1.165) is 36.1 Å². The first kappa shape index (κ1) is 49.3. The van der Waals surface area contributed by atoms with E-state index in [1.165, 1.54) is 4.90 Å². The van der Waals surface area contributed by atoms with Crippen LogP contribution in [0.25, 0.3) is 11.4 Å². The van der Waals surface area contributed by atoms with Gasteiger partial charge in [-0.15, -0.1) is 10.2 Å². The molecule has 1 aromatic heterocycles. The van der Waals surface area contributed by atoms with Crippen LogP contribution in [-0.4, -0.2) is 111 Å². The maximum absolute atomic E-state index is 13.9. The fourth-order valence-electron chi connectivity index (χ4n) is 9.14. The summed E-state index contributed by atoms with van der Waals surface area (Å²) in [6.45, 7) is 14.8. The maximum Gasteiger partial charge on any atom is 0.251 e. The molecule has 4 amide bonds. The van der Waals surface area contributed by atoms with Crippen LogP contribution >= 0.6 is 11.6 Å². The third kappa shape index (κ3) is 11.8. The normalized spacial score (nSPS) is 20.0. The molecule has 1 aliphatic carbocycles. The summed E-state index contributed by atoms with van der Waals surface area (Å²) in [4.78, 5) is 55.0. The van der Waals surface area contributed by atoms with Gasteiger partial charge in [-0.3, -0.25) is 19.2 Å². The number of aromatic nitrogens is 4. The number of halogens is 1. The van der Waals surface area contributed by atoms with Gasteiger partial charge in [0.25, 0.3) is 5.91 Å². The summed E-state index contributed by atoms with van der Waals surface area (Å²) < 4.78 is 12.0. The molecule has 1 aliphatic heterocycles. The van der Waals surface area contributed by atoms with E-state index in [1.807, 2.05) is 57.2 Å². The number of likely N-dealkylation sites (tertiary alicyclic amines) is 1. The third-order valence-corrected chi connectivity index (χ3v) is 12.7. The Morgan fingerprint density at radius 1 is 1.00 bits per heavy atom. The minimum atomic E-state index is -0.959. The molecule has 0 spiro atoms. The molecule has 4 aromatic rings. The van der Waals surface area contributed by atoms with Crippen LogP contribution in [0.15, 0.2) is 66.7 Å². The lowest BCUT2D eigenvalue weighted by molar-refractivity contribution is -0.164. The number of β-amino-alcohol motifs (C(OH)–C–C–N with tert-alkyl or cyclic N) is 1. The molecule has 0 bridgehead atoms. The highest BCUT2D eigenvalue weighted by molar-refractivity contribution is 6.31. The molecule has 6 N–H and O–H groups in total. The lowest BCUT2D eigenvalue weighted by Crippen LogP contribution is -2.74. The van der Waals surface area contributed by atoms with Crippen molar-refractivity contribution in [3.05, 3.63) is 88.4 Å². The Kier molecular flexibility index (Phi) is 15.7. The van der Waals surface area contributed by atoms with Gasteiger partial charge < -0.3 is 40.7 Å². The third-order valence-electron chi connectivity index (χ3n) is 12.4. The van der Waals surface area contributed by atoms with Crippen LogP contribution in [0, 0.1) is 27.6 Å². The van der Waals surface area contributed by atoms with Crippen molar-refractivity contribution in [1.82, 2.24) is 41.5 Å². The van der Waals surface area contributed by atoms with Crippen molar-refractivity contribution >= 4 is 40.9 Å². The van der Waals surface area contributed by atoms with E-state index in [-0.39, 0.29) is 55.0 Å². The van der Waals surface area contributed by atoms with Crippen LogP contribution in [-0.2, 0) is 25.7 Å². The van der Waals surface area contributed by atoms with Crippen LogP contribution < -0.4 is 26.0 Å². The quantitative estimate of drug-likeness (QED) is 0.0648. The average Bonchev–Trinajstić information content (AvgIpc) is 3.97. The number of nitrogens with zero attached hydrogens (tertiary/aromatic N) is 5. The lowest BCUT2D eigenvalue weighted by atomic mass is 9.49. The number of carbonyl (C=O) groups is 4. The summed E-state index contributed by atoms with van der Waals surface area (Å²) >= 11 is 6.23. The van der Waals surface area contributed by atoms with Crippen molar-refractivity contribution in [3.63, 3.8) is 0 Å². The molecule has 2 heterocycles. The summed E-state index contributed by atoms with van der Waals surface area (Å²) in [6, 6.07) is 19.7. The first-order chi connectivity index (χ1) is 31.3. The number of unbranched alkanes of at least 4 members (excludes halogenated alkanes) is 2.